The molecule has 1 aliphatic rings. The van der Waals surface area contributed by atoms with Crippen molar-refractivity contribution < 1.29 is 9.53 Å². The van der Waals surface area contributed by atoms with Crippen molar-refractivity contribution in [3.8, 4) is 5.75 Å². The lowest BCUT2D eigenvalue weighted by molar-refractivity contribution is 0.149. The zero-order valence-corrected chi connectivity index (χ0v) is 13.6. The molecular weight excluding hydrogens is 294 g/mol. The minimum atomic E-state index is 0.00299. The van der Waals surface area contributed by atoms with Crippen LogP contribution >= 0.6 is 0 Å². The first kappa shape index (κ1) is 15.3. The predicted octanol–water partition coefficient (Wildman–Crippen LogP) is 1.47. The van der Waals surface area contributed by atoms with Gasteiger partial charge >= 0.3 is 6.03 Å². The molecule has 23 heavy (non-hydrogen) atoms. The highest BCUT2D eigenvalue weighted by atomic mass is 16.5. The zero-order chi connectivity index (χ0) is 16.4. The average Bonchev–Trinajstić information content (AvgIpc) is 2.94. The SMILES string of the molecule is CN(C)C(=O)N1Cc2c(cnn2C)C(COc2cccnc2)C1. The predicted molar refractivity (Wildman–Crippen MR) is 85.2 cm³/mol. The second-order valence-electron chi connectivity index (χ2n) is 5.92. The summed E-state index contributed by atoms with van der Waals surface area (Å²) in [5.74, 6) is 0.825. The Bertz CT molecular complexity index is 683. The van der Waals surface area contributed by atoms with Crippen molar-refractivity contribution in [1.29, 1.82) is 0 Å². The molecule has 0 radical (unpaired) electrons. The van der Waals surface area contributed by atoms with Gasteiger partial charge in [0.05, 0.1) is 31.2 Å². The molecule has 2 aromatic rings. The fourth-order valence-electron chi connectivity index (χ4n) is 2.82. The summed E-state index contributed by atoms with van der Waals surface area (Å²) in [5, 5.41) is 4.34. The van der Waals surface area contributed by atoms with E-state index in [0.29, 0.717) is 19.7 Å². The lowest BCUT2D eigenvalue weighted by Gasteiger charge is -2.34. The highest BCUT2D eigenvalue weighted by Crippen LogP contribution is 2.29. The summed E-state index contributed by atoms with van der Waals surface area (Å²) in [7, 11) is 5.44. The van der Waals surface area contributed by atoms with E-state index in [-0.39, 0.29) is 11.9 Å². The van der Waals surface area contributed by atoms with E-state index in [4.69, 9.17) is 4.74 Å². The van der Waals surface area contributed by atoms with Crippen LogP contribution in [0, 0.1) is 0 Å². The minimum Gasteiger partial charge on any atom is -0.491 e. The van der Waals surface area contributed by atoms with Gasteiger partial charge in [0.1, 0.15) is 5.75 Å². The van der Waals surface area contributed by atoms with Gasteiger partial charge in [-0.15, -0.1) is 0 Å². The number of aromatic nitrogens is 3. The van der Waals surface area contributed by atoms with Gasteiger partial charge < -0.3 is 14.5 Å². The maximum Gasteiger partial charge on any atom is 0.319 e. The molecule has 0 spiro atoms. The third-order valence-corrected chi connectivity index (χ3v) is 4.05. The van der Waals surface area contributed by atoms with Crippen molar-refractivity contribution in [3.63, 3.8) is 0 Å². The topological polar surface area (TPSA) is 63.5 Å². The molecular formula is C16H21N5O2. The number of rotatable bonds is 3. The average molecular weight is 315 g/mol. The Hall–Kier alpha value is -2.57. The van der Waals surface area contributed by atoms with E-state index in [1.165, 1.54) is 0 Å². The maximum atomic E-state index is 12.3. The van der Waals surface area contributed by atoms with E-state index in [0.717, 1.165) is 17.0 Å². The molecule has 2 aromatic heterocycles. The number of amides is 2. The van der Waals surface area contributed by atoms with Crippen LogP contribution in [0.1, 0.15) is 17.2 Å². The Kier molecular flexibility index (Phi) is 4.18. The van der Waals surface area contributed by atoms with Gasteiger partial charge in [0.25, 0.3) is 0 Å². The first-order valence-corrected chi connectivity index (χ1v) is 7.56. The third kappa shape index (κ3) is 3.13. The van der Waals surface area contributed by atoms with E-state index in [9.17, 15) is 4.79 Å². The summed E-state index contributed by atoms with van der Waals surface area (Å²) in [5.41, 5.74) is 2.21. The molecule has 0 aliphatic carbocycles. The molecule has 0 N–H and O–H groups in total. The van der Waals surface area contributed by atoms with Crippen molar-refractivity contribution >= 4 is 6.03 Å². The van der Waals surface area contributed by atoms with Gasteiger partial charge in [0.2, 0.25) is 0 Å². The molecule has 3 heterocycles. The Morgan fingerprint density at radius 1 is 1.43 bits per heavy atom. The molecule has 2 amide bonds. The first-order valence-electron chi connectivity index (χ1n) is 7.56. The summed E-state index contributed by atoms with van der Waals surface area (Å²) in [6.45, 7) is 1.68. The van der Waals surface area contributed by atoms with Gasteiger partial charge in [0.15, 0.2) is 0 Å². The molecule has 7 nitrogen and oxygen atoms in total. The number of ether oxygens (including phenoxy) is 1. The summed E-state index contributed by atoms with van der Waals surface area (Å²) in [6, 6.07) is 3.72. The van der Waals surface area contributed by atoms with Crippen molar-refractivity contribution in [2.24, 2.45) is 7.05 Å². The van der Waals surface area contributed by atoms with Crippen LogP contribution in [0.3, 0.4) is 0 Å². The normalized spacial score (nSPS) is 16.8. The number of hydrogen-bond donors (Lipinski definition) is 0. The number of aryl methyl sites for hydroxylation is 1. The van der Waals surface area contributed by atoms with Crippen LogP contribution in [0.15, 0.2) is 30.7 Å². The van der Waals surface area contributed by atoms with E-state index in [1.807, 2.05) is 35.0 Å². The van der Waals surface area contributed by atoms with Crippen molar-refractivity contribution in [3.05, 3.63) is 42.0 Å². The molecule has 1 aliphatic heterocycles. The number of pyridine rings is 1. The molecule has 1 unspecified atom stereocenters. The van der Waals surface area contributed by atoms with E-state index in [2.05, 4.69) is 10.1 Å². The van der Waals surface area contributed by atoms with Crippen LogP contribution in [0.5, 0.6) is 5.75 Å². The highest BCUT2D eigenvalue weighted by molar-refractivity contribution is 5.74. The van der Waals surface area contributed by atoms with Crippen LogP contribution < -0.4 is 4.74 Å². The van der Waals surface area contributed by atoms with Gasteiger partial charge in [-0.05, 0) is 12.1 Å². The Morgan fingerprint density at radius 3 is 2.96 bits per heavy atom. The number of carbonyl (C=O) groups excluding carboxylic acids is 1. The number of nitrogens with zero attached hydrogens (tertiary/aromatic N) is 5. The summed E-state index contributed by atoms with van der Waals surface area (Å²) in [6.07, 6.45) is 5.28. The number of hydrogen-bond acceptors (Lipinski definition) is 4. The lowest BCUT2D eigenvalue weighted by Crippen LogP contribution is -2.44. The van der Waals surface area contributed by atoms with Crippen molar-refractivity contribution in [2.45, 2.75) is 12.5 Å². The molecule has 0 aromatic carbocycles. The van der Waals surface area contributed by atoms with E-state index in [1.54, 1.807) is 31.4 Å². The Balaban J connectivity index is 1.79. The van der Waals surface area contributed by atoms with Crippen LogP contribution in [0.2, 0.25) is 0 Å². The first-order chi connectivity index (χ1) is 11.1. The molecule has 0 fully saturated rings. The minimum absolute atomic E-state index is 0.00299. The second kappa shape index (κ2) is 6.28. The molecule has 7 heteroatoms. The van der Waals surface area contributed by atoms with Gasteiger partial charge in [-0.2, -0.15) is 5.10 Å². The molecule has 3 rings (SSSR count). The second-order valence-corrected chi connectivity index (χ2v) is 5.92. The molecule has 0 saturated carbocycles. The molecule has 1 atom stereocenters. The molecule has 122 valence electrons. The fraction of sp³-hybridized carbons (Fsp3) is 0.438. The van der Waals surface area contributed by atoms with Gasteiger partial charge in [-0.25, -0.2) is 4.79 Å². The highest BCUT2D eigenvalue weighted by Gasteiger charge is 2.31. The van der Waals surface area contributed by atoms with Gasteiger partial charge in [0, 0.05) is 45.4 Å². The monoisotopic (exact) mass is 315 g/mol. The number of fused-ring (bicyclic) bond motifs is 1. The van der Waals surface area contributed by atoms with Crippen LogP contribution in [0.25, 0.3) is 0 Å². The van der Waals surface area contributed by atoms with Crippen LogP contribution in [-0.2, 0) is 13.6 Å². The van der Waals surface area contributed by atoms with Crippen LogP contribution in [0.4, 0.5) is 4.79 Å². The van der Waals surface area contributed by atoms with Crippen molar-refractivity contribution in [1.82, 2.24) is 24.6 Å². The summed E-state index contributed by atoms with van der Waals surface area (Å²) >= 11 is 0. The lowest BCUT2D eigenvalue weighted by atomic mass is 9.96. The quantitative estimate of drug-likeness (QED) is 0.860. The molecule has 0 saturated heterocycles. The Labute approximate surface area is 135 Å². The number of carbonyl (C=O) groups is 1. The molecule has 0 bridgehead atoms. The third-order valence-electron chi connectivity index (χ3n) is 4.05. The van der Waals surface area contributed by atoms with E-state index >= 15 is 0 Å². The van der Waals surface area contributed by atoms with Gasteiger partial charge in [-0.1, -0.05) is 0 Å². The number of urea groups is 1. The van der Waals surface area contributed by atoms with E-state index < -0.39 is 0 Å². The largest absolute Gasteiger partial charge is 0.491 e. The summed E-state index contributed by atoms with van der Waals surface area (Å²) < 4.78 is 7.68. The zero-order valence-electron chi connectivity index (χ0n) is 13.6. The van der Waals surface area contributed by atoms with Crippen molar-refractivity contribution in [2.75, 3.05) is 27.2 Å². The van der Waals surface area contributed by atoms with Crippen LogP contribution in [-0.4, -0.2) is 57.8 Å². The smallest absolute Gasteiger partial charge is 0.319 e. The standard InChI is InChI=1S/C16H21N5O2/c1-19(2)16(22)21-9-12(11-23-13-5-4-6-17-7-13)14-8-18-20(3)15(14)10-21/h4-8,12H,9-11H2,1-3H3. The summed E-state index contributed by atoms with van der Waals surface area (Å²) in [4.78, 5) is 19.8. The maximum absolute atomic E-state index is 12.3. The fourth-order valence-corrected chi connectivity index (χ4v) is 2.82. The Morgan fingerprint density at radius 2 is 2.26 bits per heavy atom. The van der Waals surface area contributed by atoms with Gasteiger partial charge in [-0.3, -0.25) is 9.67 Å².